The number of nitrogens with zero attached hydrogens (tertiary/aromatic N) is 2. The molecule has 0 radical (unpaired) electrons. The average Bonchev–Trinajstić information content (AvgIpc) is 3.26. The van der Waals surface area contributed by atoms with E-state index in [9.17, 15) is 14.7 Å². The highest BCUT2D eigenvalue weighted by atomic mass is 16.4. The van der Waals surface area contributed by atoms with E-state index in [2.05, 4.69) is 36.2 Å². The smallest absolute Gasteiger partial charge is 0.317 e. The predicted molar refractivity (Wildman–Crippen MR) is 109 cm³/mol. The van der Waals surface area contributed by atoms with Crippen molar-refractivity contribution in [1.29, 1.82) is 0 Å². The van der Waals surface area contributed by atoms with Crippen LogP contribution in [-0.2, 0) is 11.2 Å². The third kappa shape index (κ3) is 4.17. The lowest BCUT2D eigenvalue weighted by Gasteiger charge is -2.31. The Morgan fingerprint density at radius 1 is 1.29 bits per heavy atom. The van der Waals surface area contributed by atoms with Gasteiger partial charge in [0.25, 0.3) is 0 Å². The summed E-state index contributed by atoms with van der Waals surface area (Å²) in [6.07, 6.45) is 3.43. The second kappa shape index (κ2) is 8.95. The summed E-state index contributed by atoms with van der Waals surface area (Å²) >= 11 is 0. The largest absolute Gasteiger partial charge is 0.481 e. The molecular formula is C22H33N3O3. The highest BCUT2D eigenvalue weighted by Gasteiger charge is 2.55. The summed E-state index contributed by atoms with van der Waals surface area (Å²) in [7, 11) is 0. The number of likely N-dealkylation sites (tertiary alicyclic amines) is 1. The number of urea groups is 1. The van der Waals surface area contributed by atoms with E-state index >= 15 is 0 Å². The molecule has 3 atom stereocenters. The SMILES string of the molecule is CCN(CC)C(CNC(=O)N1C[C@@H]2CCC[C@@]2(C(=O)O)C1)Cc1ccccc1. The molecule has 1 heterocycles. The van der Waals surface area contributed by atoms with Gasteiger partial charge >= 0.3 is 12.0 Å². The third-order valence-electron chi connectivity index (χ3n) is 6.72. The number of carboxylic acids is 1. The Labute approximate surface area is 167 Å². The summed E-state index contributed by atoms with van der Waals surface area (Å²) in [6, 6.07) is 10.4. The lowest BCUT2D eigenvalue weighted by atomic mass is 9.81. The minimum atomic E-state index is -0.740. The van der Waals surface area contributed by atoms with E-state index in [1.165, 1.54) is 5.56 Å². The van der Waals surface area contributed by atoms with Crippen molar-refractivity contribution < 1.29 is 14.7 Å². The van der Waals surface area contributed by atoms with Crippen molar-refractivity contribution >= 4 is 12.0 Å². The van der Waals surface area contributed by atoms with Gasteiger partial charge in [0.05, 0.1) is 5.41 Å². The van der Waals surface area contributed by atoms with Crippen molar-refractivity contribution in [1.82, 2.24) is 15.1 Å². The first kappa shape index (κ1) is 20.6. The molecule has 1 aromatic rings. The maximum atomic E-state index is 12.8. The number of hydrogen-bond acceptors (Lipinski definition) is 3. The predicted octanol–water partition coefficient (Wildman–Crippen LogP) is 2.84. The number of fused-ring (bicyclic) bond motifs is 1. The van der Waals surface area contributed by atoms with E-state index < -0.39 is 11.4 Å². The molecule has 0 bridgehead atoms. The highest BCUT2D eigenvalue weighted by molar-refractivity contribution is 5.80. The fourth-order valence-corrected chi connectivity index (χ4v) is 5.07. The highest BCUT2D eigenvalue weighted by Crippen LogP contribution is 2.48. The first-order chi connectivity index (χ1) is 13.5. The Balaban J connectivity index is 1.61. The molecule has 2 fully saturated rings. The molecule has 0 spiro atoms. The molecule has 2 N–H and O–H groups in total. The number of nitrogens with one attached hydrogen (secondary N) is 1. The summed E-state index contributed by atoms with van der Waals surface area (Å²) < 4.78 is 0. The zero-order chi connectivity index (χ0) is 20.1. The summed E-state index contributed by atoms with van der Waals surface area (Å²) in [6.45, 7) is 7.61. The fourth-order valence-electron chi connectivity index (χ4n) is 5.07. The van der Waals surface area contributed by atoms with Gasteiger partial charge in [-0.1, -0.05) is 50.6 Å². The molecule has 1 saturated carbocycles. The van der Waals surface area contributed by atoms with Gasteiger partial charge in [-0.3, -0.25) is 9.69 Å². The summed E-state index contributed by atoms with van der Waals surface area (Å²) in [5, 5.41) is 12.8. The second-order valence-electron chi connectivity index (χ2n) is 8.18. The summed E-state index contributed by atoms with van der Waals surface area (Å²) in [4.78, 5) is 28.7. The molecule has 28 heavy (non-hydrogen) atoms. The standard InChI is InChI=1S/C22H33N3O3/c1-3-24(4-2)19(13-17-9-6-5-7-10-17)14-23-21(28)25-15-18-11-8-12-22(18,16-25)20(26)27/h5-7,9-10,18-19H,3-4,8,11-16H2,1-2H3,(H,23,28)(H,26,27)/t18-,19?,22+/m0/s1. The number of hydrogen-bond donors (Lipinski definition) is 2. The van der Waals surface area contributed by atoms with Crippen molar-refractivity contribution in [3.8, 4) is 0 Å². The van der Waals surface area contributed by atoms with Crippen molar-refractivity contribution in [2.75, 3.05) is 32.7 Å². The number of likely N-dealkylation sites (N-methyl/N-ethyl adjacent to an activating group) is 1. The van der Waals surface area contributed by atoms with Crippen LogP contribution in [0.15, 0.2) is 30.3 Å². The van der Waals surface area contributed by atoms with Crippen LogP contribution < -0.4 is 5.32 Å². The van der Waals surface area contributed by atoms with E-state index in [4.69, 9.17) is 0 Å². The van der Waals surface area contributed by atoms with Crippen LogP contribution in [0.2, 0.25) is 0 Å². The Hall–Kier alpha value is -2.08. The lowest BCUT2D eigenvalue weighted by molar-refractivity contribution is -0.149. The molecular weight excluding hydrogens is 354 g/mol. The monoisotopic (exact) mass is 387 g/mol. The molecule has 2 amide bonds. The topological polar surface area (TPSA) is 72.9 Å². The van der Waals surface area contributed by atoms with Crippen LogP contribution in [0.1, 0.15) is 38.7 Å². The lowest BCUT2D eigenvalue weighted by Crippen LogP contribution is -2.48. The number of carbonyl (C=O) groups excluding carboxylic acids is 1. The molecule has 3 rings (SSSR count). The van der Waals surface area contributed by atoms with Gasteiger partial charge in [0.1, 0.15) is 0 Å². The number of amides is 2. The van der Waals surface area contributed by atoms with Crippen LogP contribution in [0.3, 0.4) is 0 Å². The summed E-state index contributed by atoms with van der Waals surface area (Å²) in [5.41, 5.74) is 0.536. The Morgan fingerprint density at radius 3 is 2.61 bits per heavy atom. The quantitative estimate of drug-likeness (QED) is 0.719. The number of carboxylic acid groups (broad SMARTS) is 1. The van der Waals surface area contributed by atoms with Crippen molar-refractivity contribution in [3.63, 3.8) is 0 Å². The van der Waals surface area contributed by atoms with Gasteiger partial charge in [0.2, 0.25) is 0 Å². The van der Waals surface area contributed by atoms with Gasteiger partial charge in [0.15, 0.2) is 0 Å². The van der Waals surface area contributed by atoms with Crippen molar-refractivity contribution in [2.45, 2.75) is 45.6 Å². The third-order valence-corrected chi connectivity index (χ3v) is 6.72. The number of aliphatic carboxylic acids is 1. The van der Waals surface area contributed by atoms with Crippen LogP contribution in [0.5, 0.6) is 0 Å². The summed E-state index contributed by atoms with van der Waals surface area (Å²) in [5.74, 6) is -0.644. The molecule has 1 saturated heterocycles. The zero-order valence-electron chi connectivity index (χ0n) is 17.1. The molecule has 1 aliphatic heterocycles. The molecule has 1 unspecified atom stereocenters. The van der Waals surface area contributed by atoms with Gasteiger partial charge in [-0.2, -0.15) is 0 Å². The van der Waals surface area contributed by atoms with Crippen molar-refractivity contribution in [3.05, 3.63) is 35.9 Å². The van der Waals surface area contributed by atoms with Gasteiger partial charge in [-0.25, -0.2) is 4.79 Å². The van der Waals surface area contributed by atoms with Gasteiger partial charge in [-0.05, 0) is 43.8 Å². The second-order valence-corrected chi connectivity index (χ2v) is 8.18. The number of carbonyl (C=O) groups is 2. The average molecular weight is 388 g/mol. The number of benzene rings is 1. The Morgan fingerprint density at radius 2 is 2.00 bits per heavy atom. The minimum Gasteiger partial charge on any atom is -0.481 e. The zero-order valence-corrected chi connectivity index (χ0v) is 17.1. The van der Waals surface area contributed by atoms with Gasteiger partial charge in [0, 0.05) is 25.7 Å². The van der Waals surface area contributed by atoms with Crippen LogP contribution in [0.25, 0.3) is 0 Å². The Kier molecular flexibility index (Phi) is 6.60. The molecule has 1 aromatic carbocycles. The van der Waals surface area contributed by atoms with Crippen LogP contribution >= 0.6 is 0 Å². The van der Waals surface area contributed by atoms with Crippen LogP contribution in [-0.4, -0.2) is 65.7 Å². The number of rotatable bonds is 8. The van der Waals surface area contributed by atoms with Crippen LogP contribution in [0, 0.1) is 11.3 Å². The molecule has 2 aliphatic rings. The molecule has 1 aliphatic carbocycles. The first-order valence-electron chi connectivity index (χ1n) is 10.5. The molecule has 6 heteroatoms. The van der Waals surface area contributed by atoms with Gasteiger partial charge < -0.3 is 15.3 Å². The maximum absolute atomic E-state index is 12.8. The first-order valence-corrected chi connectivity index (χ1v) is 10.5. The van der Waals surface area contributed by atoms with Gasteiger partial charge in [-0.15, -0.1) is 0 Å². The maximum Gasteiger partial charge on any atom is 0.317 e. The molecule has 6 nitrogen and oxygen atoms in total. The van der Waals surface area contributed by atoms with E-state index in [1.54, 1.807) is 4.90 Å². The van der Waals surface area contributed by atoms with E-state index in [0.717, 1.165) is 32.4 Å². The normalized spacial score (nSPS) is 25.0. The Bertz CT molecular complexity index is 677. The fraction of sp³-hybridized carbons (Fsp3) is 0.636. The van der Waals surface area contributed by atoms with E-state index in [0.29, 0.717) is 26.1 Å². The van der Waals surface area contributed by atoms with Crippen LogP contribution in [0.4, 0.5) is 4.79 Å². The molecule has 0 aromatic heterocycles. The van der Waals surface area contributed by atoms with E-state index in [-0.39, 0.29) is 18.0 Å². The molecule has 154 valence electrons. The van der Waals surface area contributed by atoms with E-state index in [1.807, 2.05) is 18.2 Å². The minimum absolute atomic E-state index is 0.0960. The van der Waals surface area contributed by atoms with Crippen molar-refractivity contribution in [2.24, 2.45) is 11.3 Å².